The van der Waals surface area contributed by atoms with Crippen molar-refractivity contribution in [1.29, 1.82) is 0 Å². The first-order chi connectivity index (χ1) is 11.0. The van der Waals surface area contributed by atoms with Crippen molar-refractivity contribution in [3.63, 3.8) is 0 Å². The molecule has 3 amide bonds. The summed E-state index contributed by atoms with van der Waals surface area (Å²) in [5.74, 6) is -1.30. The Balaban J connectivity index is 1.74. The van der Waals surface area contributed by atoms with Gasteiger partial charge in [-0.2, -0.15) is 0 Å². The molecule has 3 rings (SSSR count). The average molecular weight is 373 g/mol. The van der Waals surface area contributed by atoms with Crippen LogP contribution in [0.1, 0.15) is 26.3 Å². The van der Waals surface area contributed by atoms with Crippen LogP contribution in [0.3, 0.4) is 0 Å². The summed E-state index contributed by atoms with van der Waals surface area (Å²) in [5, 5.41) is 2.70. The second-order valence-electron chi connectivity index (χ2n) is 5.31. The number of anilines is 1. The summed E-state index contributed by atoms with van der Waals surface area (Å²) in [6.45, 7) is 1.60. The summed E-state index contributed by atoms with van der Waals surface area (Å²) in [6.07, 6.45) is 0. The Morgan fingerprint density at radius 2 is 1.70 bits per heavy atom. The highest BCUT2D eigenvalue weighted by Crippen LogP contribution is 2.23. The number of fused-ring (bicyclic) bond motifs is 1. The van der Waals surface area contributed by atoms with Gasteiger partial charge in [-0.1, -0.05) is 28.1 Å². The molecule has 0 unspecified atom stereocenters. The van der Waals surface area contributed by atoms with Crippen LogP contribution in [0.25, 0.3) is 0 Å². The lowest BCUT2D eigenvalue weighted by Gasteiger charge is -2.14. The third-order valence-corrected chi connectivity index (χ3v) is 3.96. The van der Waals surface area contributed by atoms with Gasteiger partial charge in [-0.15, -0.1) is 0 Å². The van der Waals surface area contributed by atoms with Crippen LogP contribution in [0, 0.1) is 6.92 Å². The molecule has 6 heteroatoms. The highest BCUT2D eigenvalue weighted by Gasteiger charge is 2.36. The lowest BCUT2D eigenvalue weighted by molar-refractivity contribution is -0.116. The molecule has 0 aromatic heterocycles. The Morgan fingerprint density at radius 3 is 2.26 bits per heavy atom. The van der Waals surface area contributed by atoms with Crippen molar-refractivity contribution in [2.75, 3.05) is 11.9 Å². The quantitative estimate of drug-likeness (QED) is 0.842. The Hall–Kier alpha value is -2.47. The number of imide groups is 1. The molecule has 23 heavy (non-hydrogen) atoms. The van der Waals surface area contributed by atoms with Gasteiger partial charge >= 0.3 is 0 Å². The summed E-state index contributed by atoms with van der Waals surface area (Å²) in [6, 6.07) is 12.0. The lowest BCUT2D eigenvalue weighted by atomic mass is 10.1. The fourth-order valence-corrected chi connectivity index (χ4v) is 3.14. The van der Waals surface area contributed by atoms with Crippen LogP contribution in [0.15, 0.2) is 46.9 Å². The lowest BCUT2D eigenvalue weighted by Crippen LogP contribution is -2.37. The van der Waals surface area contributed by atoms with E-state index in [2.05, 4.69) is 21.2 Å². The Morgan fingerprint density at radius 1 is 1.09 bits per heavy atom. The number of hydrogen-bond acceptors (Lipinski definition) is 3. The molecule has 0 atom stereocenters. The van der Waals surface area contributed by atoms with Crippen LogP contribution in [0.2, 0.25) is 0 Å². The van der Waals surface area contributed by atoms with Crippen LogP contribution < -0.4 is 5.32 Å². The standard InChI is InChI=1S/C17H13BrN2O3/c1-10-6-11(18)8-12(7-10)19-15(21)9-20-16(22)13-4-2-3-5-14(13)17(20)23/h2-8H,9H2,1H3,(H,19,21). The normalized spacial score (nSPS) is 13.2. The van der Waals surface area contributed by atoms with Crippen molar-refractivity contribution in [3.05, 3.63) is 63.6 Å². The van der Waals surface area contributed by atoms with Crippen LogP contribution in [-0.2, 0) is 4.79 Å². The molecule has 1 aliphatic rings. The first kappa shape index (κ1) is 15.4. The van der Waals surface area contributed by atoms with Gasteiger partial charge in [0.25, 0.3) is 11.8 Å². The zero-order valence-electron chi connectivity index (χ0n) is 12.3. The maximum absolute atomic E-state index is 12.2. The van der Waals surface area contributed by atoms with Crippen LogP contribution >= 0.6 is 15.9 Å². The molecule has 1 heterocycles. The van der Waals surface area contributed by atoms with E-state index < -0.39 is 17.7 Å². The van der Waals surface area contributed by atoms with Crippen molar-refractivity contribution in [1.82, 2.24) is 4.90 Å². The van der Waals surface area contributed by atoms with Gasteiger partial charge in [-0.05, 0) is 42.8 Å². The minimum Gasteiger partial charge on any atom is -0.324 e. The predicted molar refractivity (Wildman–Crippen MR) is 89.3 cm³/mol. The SMILES string of the molecule is Cc1cc(Br)cc(NC(=O)CN2C(=O)c3ccccc3C2=O)c1. The van der Waals surface area contributed by atoms with Gasteiger partial charge in [0.2, 0.25) is 5.91 Å². The van der Waals surface area contributed by atoms with Crippen molar-refractivity contribution in [3.8, 4) is 0 Å². The van der Waals surface area contributed by atoms with Gasteiger partial charge < -0.3 is 5.32 Å². The number of nitrogens with one attached hydrogen (secondary N) is 1. The summed E-state index contributed by atoms with van der Waals surface area (Å²) in [4.78, 5) is 37.6. The molecule has 0 bridgehead atoms. The van der Waals surface area contributed by atoms with E-state index in [0.29, 0.717) is 16.8 Å². The molecule has 1 aliphatic heterocycles. The topological polar surface area (TPSA) is 66.5 Å². The van der Waals surface area contributed by atoms with Gasteiger partial charge in [0.15, 0.2) is 0 Å². The summed E-state index contributed by atoms with van der Waals surface area (Å²) < 4.78 is 0.841. The predicted octanol–water partition coefficient (Wildman–Crippen LogP) is 2.99. The molecule has 0 saturated carbocycles. The molecule has 0 radical (unpaired) electrons. The van der Waals surface area contributed by atoms with E-state index in [-0.39, 0.29) is 6.54 Å². The molecule has 2 aromatic carbocycles. The molecule has 0 saturated heterocycles. The van der Waals surface area contributed by atoms with E-state index in [1.165, 1.54) is 0 Å². The number of benzene rings is 2. The second kappa shape index (κ2) is 5.96. The number of rotatable bonds is 3. The number of hydrogen-bond donors (Lipinski definition) is 1. The largest absolute Gasteiger partial charge is 0.324 e. The third-order valence-electron chi connectivity index (χ3n) is 3.51. The van der Waals surface area contributed by atoms with E-state index in [9.17, 15) is 14.4 Å². The molecule has 116 valence electrons. The number of amides is 3. The maximum atomic E-state index is 12.2. The molecule has 0 aliphatic carbocycles. The van der Waals surface area contributed by atoms with Gasteiger partial charge in [-0.3, -0.25) is 19.3 Å². The first-order valence-corrected chi connectivity index (χ1v) is 7.77. The highest BCUT2D eigenvalue weighted by atomic mass is 79.9. The van der Waals surface area contributed by atoms with Crippen LogP contribution in [0.4, 0.5) is 5.69 Å². The van der Waals surface area contributed by atoms with Crippen molar-refractivity contribution in [2.24, 2.45) is 0 Å². The molecule has 2 aromatic rings. The van der Waals surface area contributed by atoms with Crippen molar-refractivity contribution >= 4 is 39.3 Å². The van der Waals surface area contributed by atoms with E-state index in [4.69, 9.17) is 0 Å². The Bertz CT molecular complexity index is 777. The van der Waals surface area contributed by atoms with Crippen molar-refractivity contribution in [2.45, 2.75) is 6.92 Å². The van der Waals surface area contributed by atoms with Crippen LogP contribution in [0.5, 0.6) is 0 Å². The van der Waals surface area contributed by atoms with E-state index >= 15 is 0 Å². The third kappa shape index (κ3) is 3.03. The maximum Gasteiger partial charge on any atom is 0.262 e. The zero-order valence-corrected chi connectivity index (χ0v) is 13.9. The Kier molecular flexibility index (Phi) is 4.00. The molecular formula is C17H13BrN2O3. The Labute approximate surface area is 141 Å². The summed E-state index contributed by atoms with van der Waals surface area (Å²) in [7, 11) is 0. The minimum atomic E-state index is -0.439. The monoisotopic (exact) mass is 372 g/mol. The van der Waals surface area contributed by atoms with Gasteiger partial charge in [-0.25, -0.2) is 0 Å². The fraction of sp³-hybridized carbons (Fsp3) is 0.118. The average Bonchev–Trinajstić information content (AvgIpc) is 2.72. The smallest absolute Gasteiger partial charge is 0.262 e. The number of carbonyl (C=O) groups is 3. The molecule has 5 nitrogen and oxygen atoms in total. The fourth-order valence-electron chi connectivity index (χ4n) is 2.54. The zero-order chi connectivity index (χ0) is 16.6. The number of aryl methyl sites for hydroxylation is 1. The molecular weight excluding hydrogens is 360 g/mol. The van der Waals surface area contributed by atoms with Gasteiger partial charge in [0.05, 0.1) is 11.1 Å². The highest BCUT2D eigenvalue weighted by molar-refractivity contribution is 9.10. The minimum absolute atomic E-state index is 0.308. The van der Waals surface area contributed by atoms with Crippen LogP contribution in [-0.4, -0.2) is 29.2 Å². The van der Waals surface area contributed by atoms with E-state index in [0.717, 1.165) is 14.9 Å². The van der Waals surface area contributed by atoms with Gasteiger partial charge in [0.1, 0.15) is 6.54 Å². The molecule has 0 fully saturated rings. The number of halogens is 1. The van der Waals surface area contributed by atoms with Crippen molar-refractivity contribution < 1.29 is 14.4 Å². The summed E-state index contributed by atoms with van der Waals surface area (Å²) in [5.41, 5.74) is 2.26. The van der Waals surface area contributed by atoms with Gasteiger partial charge in [0, 0.05) is 10.2 Å². The second-order valence-corrected chi connectivity index (χ2v) is 6.22. The number of nitrogens with zero attached hydrogens (tertiary/aromatic N) is 1. The van der Waals surface area contributed by atoms with E-state index in [1.54, 1.807) is 30.3 Å². The molecule has 0 spiro atoms. The first-order valence-electron chi connectivity index (χ1n) is 6.98. The molecule has 1 N–H and O–H groups in total. The van der Waals surface area contributed by atoms with E-state index in [1.807, 2.05) is 19.1 Å². The summed E-state index contributed by atoms with van der Waals surface area (Å²) >= 11 is 3.36. The number of carbonyl (C=O) groups excluding carboxylic acids is 3.